The summed E-state index contributed by atoms with van der Waals surface area (Å²) in [5.41, 5.74) is 1.13. The fraction of sp³-hybridized carbons (Fsp3) is 0.533. The second-order valence-electron chi connectivity index (χ2n) is 5.73. The second kappa shape index (κ2) is 6.06. The van der Waals surface area contributed by atoms with Gasteiger partial charge in [0.25, 0.3) is 0 Å². The third-order valence-electron chi connectivity index (χ3n) is 3.68. The first-order chi connectivity index (χ1) is 9.00. The minimum atomic E-state index is -0.0889. The molecule has 0 bridgehead atoms. The molecule has 0 aliphatic carbocycles. The molecular formula is C15H21BrN2O. The van der Waals surface area contributed by atoms with Crippen molar-refractivity contribution >= 4 is 21.8 Å². The quantitative estimate of drug-likeness (QED) is 0.893. The highest BCUT2D eigenvalue weighted by Gasteiger charge is 2.26. The maximum absolute atomic E-state index is 12.0. The van der Waals surface area contributed by atoms with Gasteiger partial charge >= 0.3 is 0 Å². The Hall–Kier alpha value is -0.870. The summed E-state index contributed by atoms with van der Waals surface area (Å²) in [5, 5.41) is 6.29. The van der Waals surface area contributed by atoms with Crippen LogP contribution in [0.4, 0.5) is 0 Å². The predicted molar refractivity (Wildman–Crippen MR) is 81.2 cm³/mol. The van der Waals surface area contributed by atoms with Gasteiger partial charge in [-0.15, -0.1) is 0 Å². The van der Waals surface area contributed by atoms with Crippen LogP contribution in [-0.4, -0.2) is 25.0 Å². The Morgan fingerprint density at radius 3 is 2.84 bits per heavy atom. The van der Waals surface area contributed by atoms with Gasteiger partial charge in [0.2, 0.25) is 5.91 Å². The molecule has 104 valence electrons. The standard InChI is InChI=1S/C15H21BrN2O/c1-15(2,11-6-3-4-7-12(11)16)10-18-14(19)13-8-5-9-17-13/h3-4,6-7,13,17H,5,8-10H2,1-2H3,(H,18,19). The molecule has 1 heterocycles. The lowest BCUT2D eigenvalue weighted by Crippen LogP contribution is -2.45. The molecule has 2 N–H and O–H groups in total. The van der Waals surface area contributed by atoms with E-state index in [0.717, 1.165) is 23.9 Å². The average molecular weight is 325 g/mol. The molecule has 0 saturated carbocycles. The van der Waals surface area contributed by atoms with E-state index in [0.29, 0.717) is 6.54 Å². The fourth-order valence-corrected chi connectivity index (χ4v) is 3.27. The predicted octanol–water partition coefficient (Wildman–Crippen LogP) is 2.59. The monoisotopic (exact) mass is 324 g/mol. The molecule has 1 amide bonds. The lowest BCUT2D eigenvalue weighted by molar-refractivity contribution is -0.123. The summed E-state index contributed by atoms with van der Waals surface area (Å²) in [6.07, 6.45) is 2.03. The molecule has 0 aromatic heterocycles. The van der Waals surface area contributed by atoms with Crippen LogP contribution in [0.3, 0.4) is 0 Å². The van der Waals surface area contributed by atoms with Crippen molar-refractivity contribution in [3.63, 3.8) is 0 Å². The summed E-state index contributed by atoms with van der Waals surface area (Å²) in [4.78, 5) is 12.0. The molecule has 1 atom stereocenters. The van der Waals surface area contributed by atoms with Crippen LogP contribution < -0.4 is 10.6 Å². The zero-order chi connectivity index (χ0) is 13.9. The minimum Gasteiger partial charge on any atom is -0.354 e. The molecule has 0 radical (unpaired) electrons. The van der Waals surface area contributed by atoms with Gasteiger partial charge in [-0.2, -0.15) is 0 Å². The van der Waals surface area contributed by atoms with Crippen LogP contribution >= 0.6 is 15.9 Å². The first-order valence-corrected chi connectivity index (χ1v) is 7.56. The number of halogens is 1. The number of nitrogens with one attached hydrogen (secondary N) is 2. The van der Waals surface area contributed by atoms with Gasteiger partial charge in [-0.1, -0.05) is 48.0 Å². The van der Waals surface area contributed by atoms with Crippen LogP contribution in [-0.2, 0) is 10.2 Å². The van der Waals surface area contributed by atoms with Crippen LogP contribution in [0.15, 0.2) is 28.7 Å². The van der Waals surface area contributed by atoms with E-state index < -0.39 is 0 Å². The lowest BCUT2D eigenvalue weighted by atomic mass is 9.84. The number of hydrogen-bond acceptors (Lipinski definition) is 2. The zero-order valence-electron chi connectivity index (χ0n) is 11.5. The van der Waals surface area contributed by atoms with E-state index in [1.807, 2.05) is 18.2 Å². The molecular weight excluding hydrogens is 304 g/mol. The number of benzene rings is 1. The third-order valence-corrected chi connectivity index (χ3v) is 4.38. The van der Waals surface area contributed by atoms with Crippen LogP contribution in [0.1, 0.15) is 32.3 Å². The minimum absolute atomic E-state index is 0.00462. The van der Waals surface area contributed by atoms with E-state index in [4.69, 9.17) is 0 Å². The molecule has 19 heavy (non-hydrogen) atoms. The normalized spacial score (nSPS) is 19.4. The van der Waals surface area contributed by atoms with E-state index in [1.54, 1.807) is 0 Å². The molecule has 3 nitrogen and oxygen atoms in total. The SMILES string of the molecule is CC(C)(CNC(=O)C1CCCN1)c1ccccc1Br. The summed E-state index contributed by atoms with van der Waals surface area (Å²) in [6.45, 7) is 5.89. The van der Waals surface area contributed by atoms with Crippen LogP contribution in [0, 0.1) is 0 Å². The molecule has 4 heteroatoms. The van der Waals surface area contributed by atoms with Gasteiger partial charge in [0.15, 0.2) is 0 Å². The van der Waals surface area contributed by atoms with E-state index in [1.165, 1.54) is 5.56 Å². The Morgan fingerprint density at radius 2 is 2.21 bits per heavy atom. The Balaban J connectivity index is 1.97. The van der Waals surface area contributed by atoms with Crippen LogP contribution in [0.25, 0.3) is 0 Å². The molecule has 1 unspecified atom stereocenters. The lowest BCUT2D eigenvalue weighted by Gasteiger charge is -2.27. The molecule has 1 aliphatic rings. The Kier molecular flexibility index (Phi) is 4.63. The molecule has 1 fully saturated rings. The topological polar surface area (TPSA) is 41.1 Å². The number of rotatable bonds is 4. The van der Waals surface area contributed by atoms with E-state index in [9.17, 15) is 4.79 Å². The molecule has 1 aliphatic heterocycles. The van der Waals surface area contributed by atoms with E-state index in [2.05, 4.69) is 46.5 Å². The van der Waals surface area contributed by atoms with Gasteiger partial charge < -0.3 is 10.6 Å². The highest BCUT2D eigenvalue weighted by atomic mass is 79.9. The summed E-state index contributed by atoms with van der Waals surface area (Å²) >= 11 is 3.58. The maximum atomic E-state index is 12.0. The van der Waals surface area contributed by atoms with Crippen LogP contribution in [0.5, 0.6) is 0 Å². The summed E-state index contributed by atoms with van der Waals surface area (Å²) in [6, 6.07) is 8.17. The van der Waals surface area contributed by atoms with Crippen molar-refractivity contribution in [2.45, 2.75) is 38.1 Å². The first kappa shape index (κ1) is 14.5. The van der Waals surface area contributed by atoms with Crippen molar-refractivity contribution in [3.8, 4) is 0 Å². The molecule has 2 rings (SSSR count). The highest BCUT2D eigenvalue weighted by Crippen LogP contribution is 2.29. The van der Waals surface area contributed by atoms with Gasteiger partial charge in [-0.25, -0.2) is 0 Å². The summed E-state index contributed by atoms with van der Waals surface area (Å²) < 4.78 is 1.09. The number of carbonyl (C=O) groups excluding carboxylic acids is 1. The summed E-state index contributed by atoms with van der Waals surface area (Å²) in [5.74, 6) is 0.123. The summed E-state index contributed by atoms with van der Waals surface area (Å²) in [7, 11) is 0. The van der Waals surface area contributed by atoms with Crippen LogP contribution in [0.2, 0.25) is 0 Å². The van der Waals surface area contributed by atoms with E-state index in [-0.39, 0.29) is 17.4 Å². The third kappa shape index (κ3) is 3.57. The number of hydrogen-bond donors (Lipinski definition) is 2. The second-order valence-corrected chi connectivity index (χ2v) is 6.58. The molecule has 1 aromatic carbocycles. The van der Waals surface area contributed by atoms with Gasteiger partial charge in [0, 0.05) is 16.4 Å². The van der Waals surface area contributed by atoms with Gasteiger partial charge in [0.05, 0.1) is 6.04 Å². The Morgan fingerprint density at radius 1 is 1.47 bits per heavy atom. The zero-order valence-corrected chi connectivity index (χ0v) is 13.1. The van der Waals surface area contributed by atoms with Gasteiger partial charge in [-0.05, 0) is 31.0 Å². The molecule has 1 aromatic rings. The average Bonchev–Trinajstić information content (AvgIpc) is 2.90. The molecule has 1 saturated heterocycles. The van der Waals surface area contributed by atoms with Crippen molar-refractivity contribution in [2.75, 3.05) is 13.1 Å². The van der Waals surface area contributed by atoms with E-state index >= 15 is 0 Å². The van der Waals surface area contributed by atoms with Crippen molar-refractivity contribution in [1.29, 1.82) is 0 Å². The number of amides is 1. The maximum Gasteiger partial charge on any atom is 0.237 e. The first-order valence-electron chi connectivity index (χ1n) is 6.77. The van der Waals surface area contributed by atoms with Crippen molar-refractivity contribution in [2.24, 2.45) is 0 Å². The Labute approximate surface area is 123 Å². The Bertz CT molecular complexity index is 453. The van der Waals surface area contributed by atoms with Gasteiger partial charge in [-0.3, -0.25) is 4.79 Å². The fourth-order valence-electron chi connectivity index (χ4n) is 2.44. The number of carbonyl (C=O) groups is 1. The smallest absolute Gasteiger partial charge is 0.237 e. The van der Waals surface area contributed by atoms with Crippen molar-refractivity contribution in [1.82, 2.24) is 10.6 Å². The highest BCUT2D eigenvalue weighted by molar-refractivity contribution is 9.10. The largest absolute Gasteiger partial charge is 0.354 e. The molecule has 0 spiro atoms. The van der Waals surface area contributed by atoms with Crippen molar-refractivity contribution < 1.29 is 4.79 Å². The van der Waals surface area contributed by atoms with Crippen molar-refractivity contribution in [3.05, 3.63) is 34.3 Å². The van der Waals surface area contributed by atoms with Gasteiger partial charge in [0.1, 0.15) is 0 Å².